The molecule has 0 aromatic rings. The number of rotatable bonds is 5. The normalized spacial score (nSPS) is 32.0. The zero-order chi connectivity index (χ0) is 16.0. The zero-order valence-corrected chi connectivity index (χ0v) is 12.9. The van der Waals surface area contributed by atoms with Crippen molar-refractivity contribution in [3.05, 3.63) is 0 Å². The fourth-order valence-corrected chi connectivity index (χ4v) is 2.39. The molecule has 0 radical (unpaired) electrons. The minimum atomic E-state index is -0.656. The lowest BCUT2D eigenvalue weighted by Crippen LogP contribution is -2.58. The molecule has 2 unspecified atom stereocenters. The summed E-state index contributed by atoms with van der Waals surface area (Å²) in [5, 5.41) is 2.84. The number of ether oxygens (including phenoxy) is 3. The Bertz CT molecular complexity index is 415. The number of esters is 1. The van der Waals surface area contributed by atoms with E-state index in [0.717, 1.165) is 0 Å². The summed E-state index contributed by atoms with van der Waals surface area (Å²) in [4.78, 5) is 22.3. The standard InChI is InChI=1S/C15H23NO5/c1-6-7-19-15-14(16-11(4)17)10(3)9(2)13(21-15)8-20-12(5)18/h1,9-10,13-15H,7-8H2,2-5H3,(H,16,17)/t9-,10+,13?,14?,15-/m1/s1. The van der Waals surface area contributed by atoms with Gasteiger partial charge in [0.15, 0.2) is 6.29 Å². The lowest BCUT2D eigenvalue weighted by molar-refractivity contribution is -0.239. The number of terminal acetylenes is 1. The number of carbonyl (C=O) groups is 2. The molecule has 1 heterocycles. The van der Waals surface area contributed by atoms with Gasteiger partial charge in [-0.05, 0) is 11.8 Å². The van der Waals surface area contributed by atoms with Crippen molar-refractivity contribution in [2.45, 2.75) is 46.1 Å². The average Bonchev–Trinajstić information content (AvgIpc) is 2.41. The average molecular weight is 297 g/mol. The van der Waals surface area contributed by atoms with E-state index in [9.17, 15) is 9.59 Å². The molecule has 0 aromatic carbocycles. The van der Waals surface area contributed by atoms with Crippen LogP contribution in [-0.4, -0.2) is 43.5 Å². The molecule has 0 saturated carbocycles. The van der Waals surface area contributed by atoms with Crippen molar-refractivity contribution in [2.75, 3.05) is 13.2 Å². The molecule has 1 N–H and O–H groups in total. The fraction of sp³-hybridized carbons (Fsp3) is 0.733. The first-order valence-electron chi connectivity index (χ1n) is 6.97. The number of nitrogens with one attached hydrogen (secondary N) is 1. The predicted molar refractivity (Wildman–Crippen MR) is 76.0 cm³/mol. The van der Waals surface area contributed by atoms with Gasteiger partial charge in [0, 0.05) is 13.8 Å². The molecule has 0 spiro atoms. The second-order valence-corrected chi connectivity index (χ2v) is 5.31. The zero-order valence-electron chi connectivity index (χ0n) is 12.9. The molecule has 1 aliphatic rings. The maximum atomic E-state index is 11.3. The van der Waals surface area contributed by atoms with Crippen LogP contribution in [0.5, 0.6) is 0 Å². The highest BCUT2D eigenvalue weighted by molar-refractivity contribution is 5.73. The van der Waals surface area contributed by atoms with Crippen molar-refractivity contribution in [2.24, 2.45) is 11.8 Å². The number of hydrogen-bond acceptors (Lipinski definition) is 5. The Kier molecular flexibility index (Phi) is 6.66. The molecule has 1 rings (SSSR count). The third-order valence-corrected chi connectivity index (χ3v) is 3.74. The van der Waals surface area contributed by atoms with Crippen LogP contribution in [-0.2, 0) is 23.8 Å². The number of amides is 1. The molecule has 5 atom stereocenters. The van der Waals surface area contributed by atoms with Crippen LogP contribution in [0.25, 0.3) is 0 Å². The van der Waals surface area contributed by atoms with Gasteiger partial charge >= 0.3 is 5.97 Å². The lowest BCUT2D eigenvalue weighted by Gasteiger charge is -2.44. The SMILES string of the molecule is C#CCO[C@@H]1OC(COC(C)=O)[C@H](C)[C@H](C)C1NC(C)=O. The van der Waals surface area contributed by atoms with Crippen molar-refractivity contribution in [3.63, 3.8) is 0 Å². The van der Waals surface area contributed by atoms with E-state index in [2.05, 4.69) is 11.2 Å². The van der Waals surface area contributed by atoms with Crippen LogP contribution in [0.3, 0.4) is 0 Å². The van der Waals surface area contributed by atoms with Gasteiger partial charge in [0.25, 0.3) is 0 Å². The Hall–Kier alpha value is -1.58. The highest BCUT2D eigenvalue weighted by Crippen LogP contribution is 2.31. The van der Waals surface area contributed by atoms with E-state index in [1.54, 1.807) is 0 Å². The number of hydrogen-bond donors (Lipinski definition) is 1. The third kappa shape index (κ3) is 5.03. The Morgan fingerprint density at radius 2 is 1.95 bits per heavy atom. The molecule has 1 aliphatic heterocycles. The summed E-state index contributed by atoms with van der Waals surface area (Å²) in [6.07, 6.45) is 4.25. The van der Waals surface area contributed by atoms with E-state index in [-0.39, 0.29) is 49.1 Å². The van der Waals surface area contributed by atoms with Crippen molar-refractivity contribution in [1.29, 1.82) is 0 Å². The molecule has 1 amide bonds. The molecule has 6 heteroatoms. The predicted octanol–water partition coefficient (Wildman–Crippen LogP) is 0.701. The molecular formula is C15H23NO5. The highest BCUT2D eigenvalue weighted by atomic mass is 16.7. The topological polar surface area (TPSA) is 73.9 Å². The van der Waals surface area contributed by atoms with Crippen molar-refractivity contribution < 1.29 is 23.8 Å². The second kappa shape index (κ2) is 8.01. The molecule has 0 bridgehead atoms. The Labute approximate surface area is 125 Å². The Balaban J connectivity index is 2.80. The summed E-state index contributed by atoms with van der Waals surface area (Å²) in [6, 6.07) is -0.292. The van der Waals surface area contributed by atoms with E-state index in [1.807, 2.05) is 13.8 Å². The van der Waals surface area contributed by atoms with Crippen LogP contribution < -0.4 is 5.32 Å². The molecule has 0 aromatic heterocycles. The Morgan fingerprint density at radius 1 is 1.29 bits per heavy atom. The maximum absolute atomic E-state index is 11.3. The van der Waals surface area contributed by atoms with E-state index in [1.165, 1.54) is 13.8 Å². The summed E-state index contributed by atoms with van der Waals surface area (Å²) in [7, 11) is 0. The summed E-state index contributed by atoms with van der Waals surface area (Å²) in [6.45, 7) is 7.03. The van der Waals surface area contributed by atoms with Gasteiger partial charge < -0.3 is 19.5 Å². The molecule has 21 heavy (non-hydrogen) atoms. The number of carbonyl (C=O) groups excluding carboxylic acids is 2. The first-order valence-corrected chi connectivity index (χ1v) is 6.97. The quantitative estimate of drug-likeness (QED) is 0.597. The van der Waals surface area contributed by atoms with Crippen molar-refractivity contribution in [3.8, 4) is 12.3 Å². The van der Waals surface area contributed by atoms with Gasteiger partial charge in [-0.3, -0.25) is 9.59 Å². The highest BCUT2D eigenvalue weighted by Gasteiger charge is 2.42. The molecule has 0 aliphatic carbocycles. The van der Waals surface area contributed by atoms with Gasteiger partial charge in [-0.15, -0.1) is 6.42 Å². The molecule has 6 nitrogen and oxygen atoms in total. The van der Waals surface area contributed by atoms with E-state index >= 15 is 0 Å². The van der Waals surface area contributed by atoms with Crippen LogP contribution >= 0.6 is 0 Å². The van der Waals surface area contributed by atoms with Gasteiger partial charge in [-0.2, -0.15) is 0 Å². The smallest absolute Gasteiger partial charge is 0.302 e. The minimum Gasteiger partial charge on any atom is -0.463 e. The molecule has 1 saturated heterocycles. The summed E-state index contributed by atoms with van der Waals surface area (Å²) in [5.74, 6) is 2.04. The summed E-state index contributed by atoms with van der Waals surface area (Å²) in [5.41, 5.74) is 0. The Morgan fingerprint density at radius 3 is 2.48 bits per heavy atom. The largest absolute Gasteiger partial charge is 0.463 e. The van der Waals surface area contributed by atoms with Gasteiger partial charge in [0.2, 0.25) is 5.91 Å². The van der Waals surface area contributed by atoms with Crippen LogP contribution in [0, 0.1) is 24.2 Å². The van der Waals surface area contributed by atoms with Crippen LogP contribution in [0.15, 0.2) is 0 Å². The van der Waals surface area contributed by atoms with E-state index in [4.69, 9.17) is 20.6 Å². The monoisotopic (exact) mass is 297 g/mol. The third-order valence-electron chi connectivity index (χ3n) is 3.74. The van der Waals surface area contributed by atoms with Crippen molar-refractivity contribution in [1.82, 2.24) is 5.32 Å². The molecule has 118 valence electrons. The van der Waals surface area contributed by atoms with E-state index < -0.39 is 6.29 Å². The van der Waals surface area contributed by atoms with Gasteiger partial charge in [-0.25, -0.2) is 0 Å². The van der Waals surface area contributed by atoms with Crippen LogP contribution in [0.2, 0.25) is 0 Å². The second-order valence-electron chi connectivity index (χ2n) is 5.31. The maximum Gasteiger partial charge on any atom is 0.302 e. The summed E-state index contributed by atoms with van der Waals surface area (Å²) < 4.78 is 16.3. The molecular weight excluding hydrogens is 274 g/mol. The first kappa shape index (κ1) is 17.5. The van der Waals surface area contributed by atoms with Gasteiger partial charge in [0.1, 0.15) is 13.2 Å². The van der Waals surface area contributed by atoms with Gasteiger partial charge in [0.05, 0.1) is 12.1 Å². The van der Waals surface area contributed by atoms with Crippen molar-refractivity contribution >= 4 is 11.9 Å². The molecule has 1 fully saturated rings. The van der Waals surface area contributed by atoms with E-state index in [0.29, 0.717) is 0 Å². The van der Waals surface area contributed by atoms with Gasteiger partial charge in [-0.1, -0.05) is 19.8 Å². The first-order chi connectivity index (χ1) is 9.86. The fourth-order valence-electron chi connectivity index (χ4n) is 2.39. The van der Waals surface area contributed by atoms with Crippen LogP contribution in [0.4, 0.5) is 0 Å². The van der Waals surface area contributed by atoms with Crippen LogP contribution in [0.1, 0.15) is 27.7 Å². The lowest BCUT2D eigenvalue weighted by atomic mass is 9.82. The minimum absolute atomic E-state index is 0.0855. The summed E-state index contributed by atoms with van der Waals surface area (Å²) >= 11 is 0.